The predicted molar refractivity (Wildman–Crippen MR) is 97.5 cm³/mol. The molecule has 28 heavy (non-hydrogen) atoms. The van der Waals surface area contributed by atoms with E-state index in [-0.39, 0.29) is 29.4 Å². The summed E-state index contributed by atoms with van der Waals surface area (Å²) in [5.74, 6) is 5.33. The number of anilines is 1. The van der Waals surface area contributed by atoms with Gasteiger partial charge in [-0.25, -0.2) is 15.0 Å². The molecule has 2 aromatic rings. The minimum Gasteiger partial charge on any atom is -0.396 e. The molecule has 1 fully saturated rings. The Kier molecular flexibility index (Phi) is 6.05. The lowest BCUT2D eigenvalue weighted by atomic mass is 10.1. The standard InChI is InChI=1S/C17H22N6O5/c1-2-19-16(27)13-11(25)12(26)17(28-13)23-8-20-10-14(18)21-9(22-15(10)23)6-4-3-5-7-24/h8,11-13,17,24-26H,2-3,5,7H2,1H3,(H,19,27)(H2,18,21,22). The van der Waals surface area contributed by atoms with E-state index in [1.807, 2.05) is 0 Å². The molecule has 0 aliphatic carbocycles. The average molecular weight is 390 g/mol. The van der Waals surface area contributed by atoms with Crippen molar-refractivity contribution in [3.8, 4) is 11.8 Å². The van der Waals surface area contributed by atoms with Crippen LogP contribution in [-0.2, 0) is 9.53 Å². The van der Waals surface area contributed by atoms with Crippen LogP contribution in [-0.4, -0.2) is 72.2 Å². The zero-order valence-electron chi connectivity index (χ0n) is 15.2. The normalized spacial score (nSPS) is 24.1. The first-order valence-electron chi connectivity index (χ1n) is 8.87. The zero-order chi connectivity index (χ0) is 20.3. The quantitative estimate of drug-likeness (QED) is 0.295. The molecule has 0 bridgehead atoms. The maximum absolute atomic E-state index is 12.0. The summed E-state index contributed by atoms with van der Waals surface area (Å²) in [6.45, 7) is 2.14. The lowest BCUT2D eigenvalue weighted by Crippen LogP contribution is -2.42. The van der Waals surface area contributed by atoms with Crippen molar-refractivity contribution in [2.75, 3.05) is 18.9 Å². The molecule has 6 N–H and O–H groups in total. The number of nitrogens with two attached hydrogens (primary N) is 1. The molecule has 1 aliphatic rings. The summed E-state index contributed by atoms with van der Waals surface area (Å²) in [6.07, 6.45) is -2.75. The molecule has 150 valence electrons. The Bertz CT molecular complexity index is 920. The molecule has 2 aromatic heterocycles. The lowest BCUT2D eigenvalue weighted by Gasteiger charge is -2.16. The number of carbonyl (C=O) groups excluding carboxylic acids is 1. The summed E-state index contributed by atoms with van der Waals surface area (Å²) in [6, 6.07) is 0. The number of fused-ring (bicyclic) bond motifs is 1. The zero-order valence-corrected chi connectivity index (χ0v) is 15.2. The van der Waals surface area contributed by atoms with Crippen LogP contribution in [0.5, 0.6) is 0 Å². The summed E-state index contributed by atoms with van der Waals surface area (Å²) < 4.78 is 6.98. The van der Waals surface area contributed by atoms with Crippen molar-refractivity contribution in [1.29, 1.82) is 0 Å². The largest absolute Gasteiger partial charge is 0.396 e. The molecule has 11 nitrogen and oxygen atoms in total. The first-order chi connectivity index (χ1) is 13.5. The van der Waals surface area contributed by atoms with Crippen LogP contribution in [0, 0.1) is 11.8 Å². The fraction of sp³-hybridized carbons (Fsp3) is 0.529. The Hall–Kier alpha value is -2.78. The van der Waals surface area contributed by atoms with Crippen LogP contribution in [0.1, 0.15) is 31.8 Å². The van der Waals surface area contributed by atoms with Gasteiger partial charge in [0, 0.05) is 19.6 Å². The highest BCUT2D eigenvalue weighted by molar-refractivity contribution is 5.83. The van der Waals surface area contributed by atoms with Crippen LogP contribution in [0.25, 0.3) is 11.2 Å². The van der Waals surface area contributed by atoms with Gasteiger partial charge in [-0.05, 0) is 19.3 Å². The highest BCUT2D eigenvalue weighted by atomic mass is 16.6. The van der Waals surface area contributed by atoms with Crippen molar-refractivity contribution in [2.45, 2.75) is 44.3 Å². The number of likely N-dealkylation sites (N-methyl/N-ethyl adjacent to an activating group) is 1. The summed E-state index contributed by atoms with van der Waals surface area (Å²) in [4.78, 5) is 24.6. The SMILES string of the molecule is CCNC(=O)C1OC(n2cnc3c(N)nc(C#CCCCO)nc32)C(O)C1O. The number of hydrogen-bond acceptors (Lipinski definition) is 9. The second-order valence-electron chi connectivity index (χ2n) is 6.21. The number of amides is 1. The second-order valence-corrected chi connectivity index (χ2v) is 6.21. The van der Waals surface area contributed by atoms with Crippen molar-refractivity contribution >= 4 is 22.9 Å². The van der Waals surface area contributed by atoms with Gasteiger partial charge in [-0.2, -0.15) is 0 Å². The molecule has 1 amide bonds. The first-order valence-corrected chi connectivity index (χ1v) is 8.87. The summed E-state index contributed by atoms with van der Waals surface area (Å²) >= 11 is 0. The molecular formula is C17H22N6O5. The Morgan fingerprint density at radius 2 is 2.18 bits per heavy atom. The fourth-order valence-corrected chi connectivity index (χ4v) is 2.87. The van der Waals surface area contributed by atoms with E-state index in [2.05, 4.69) is 32.1 Å². The molecule has 3 rings (SSSR count). The monoisotopic (exact) mass is 390 g/mol. The van der Waals surface area contributed by atoms with E-state index in [1.54, 1.807) is 6.92 Å². The van der Waals surface area contributed by atoms with Crippen LogP contribution < -0.4 is 11.1 Å². The lowest BCUT2D eigenvalue weighted by molar-refractivity contribution is -0.137. The second kappa shape index (κ2) is 8.49. The van der Waals surface area contributed by atoms with E-state index in [0.717, 1.165) is 0 Å². The predicted octanol–water partition coefficient (Wildman–Crippen LogP) is -1.71. The Balaban J connectivity index is 1.93. The number of aliphatic hydroxyl groups excluding tert-OH is 3. The fourth-order valence-electron chi connectivity index (χ4n) is 2.87. The minimum absolute atomic E-state index is 0.0372. The van der Waals surface area contributed by atoms with E-state index in [1.165, 1.54) is 10.9 Å². The number of imidazole rings is 1. The molecule has 3 heterocycles. The average Bonchev–Trinajstić information content (AvgIpc) is 3.21. The smallest absolute Gasteiger partial charge is 0.252 e. The molecule has 1 aliphatic heterocycles. The topological polar surface area (TPSA) is 169 Å². The molecule has 4 unspecified atom stereocenters. The first kappa shape index (κ1) is 20.0. The third-order valence-corrected chi connectivity index (χ3v) is 4.23. The van der Waals surface area contributed by atoms with Gasteiger partial charge in [-0.15, -0.1) is 0 Å². The van der Waals surface area contributed by atoms with Gasteiger partial charge in [-0.1, -0.05) is 5.92 Å². The third kappa shape index (κ3) is 3.76. The highest BCUT2D eigenvalue weighted by Crippen LogP contribution is 2.32. The van der Waals surface area contributed by atoms with Crippen LogP contribution >= 0.6 is 0 Å². The number of carbonyl (C=O) groups is 1. The van der Waals surface area contributed by atoms with E-state index in [0.29, 0.717) is 19.4 Å². The van der Waals surface area contributed by atoms with Crippen LogP contribution in [0.2, 0.25) is 0 Å². The molecule has 0 aromatic carbocycles. The van der Waals surface area contributed by atoms with Gasteiger partial charge in [-0.3, -0.25) is 9.36 Å². The molecule has 4 atom stereocenters. The van der Waals surface area contributed by atoms with Crippen LogP contribution in [0.15, 0.2) is 6.33 Å². The highest BCUT2D eigenvalue weighted by Gasteiger charge is 2.47. The maximum Gasteiger partial charge on any atom is 0.252 e. The van der Waals surface area contributed by atoms with Crippen molar-refractivity contribution in [2.24, 2.45) is 0 Å². The van der Waals surface area contributed by atoms with Crippen molar-refractivity contribution < 1.29 is 24.9 Å². The van der Waals surface area contributed by atoms with Gasteiger partial charge < -0.3 is 31.1 Å². The molecule has 0 saturated carbocycles. The summed E-state index contributed by atoms with van der Waals surface area (Å²) in [7, 11) is 0. The van der Waals surface area contributed by atoms with E-state index >= 15 is 0 Å². The van der Waals surface area contributed by atoms with Crippen molar-refractivity contribution in [3.63, 3.8) is 0 Å². The Labute approximate surface area is 160 Å². The minimum atomic E-state index is -1.41. The number of nitrogens with zero attached hydrogens (tertiary/aromatic N) is 4. The number of hydrogen-bond donors (Lipinski definition) is 5. The van der Waals surface area contributed by atoms with Gasteiger partial charge in [0.2, 0.25) is 5.82 Å². The number of ether oxygens (including phenoxy) is 1. The van der Waals surface area contributed by atoms with Gasteiger partial charge in [0.25, 0.3) is 5.91 Å². The number of unbranched alkanes of at least 4 members (excludes halogenated alkanes) is 1. The third-order valence-electron chi connectivity index (χ3n) is 4.23. The van der Waals surface area contributed by atoms with Crippen LogP contribution in [0.3, 0.4) is 0 Å². The molecular weight excluding hydrogens is 368 g/mol. The molecule has 11 heteroatoms. The molecule has 1 saturated heterocycles. The number of aliphatic hydroxyl groups is 3. The number of nitrogens with one attached hydrogen (secondary N) is 1. The van der Waals surface area contributed by atoms with E-state index in [4.69, 9.17) is 15.6 Å². The van der Waals surface area contributed by atoms with E-state index in [9.17, 15) is 15.0 Å². The van der Waals surface area contributed by atoms with Gasteiger partial charge >= 0.3 is 0 Å². The number of nitrogen functional groups attached to an aromatic ring is 1. The molecule has 0 spiro atoms. The molecule has 0 radical (unpaired) electrons. The van der Waals surface area contributed by atoms with Gasteiger partial charge in [0.15, 0.2) is 23.8 Å². The van der Waals surface area contributed by atoms with Crippen molar-refractivity contribution in [1.82, 2.24) is 24.8 Å². The van der Waals surface area contributed by atoms with Crippen LogP contribution in [0.4, 0.5) is 5.82 Å². The number of aromatic nitrogens is 4. The Morgan fingerprint density at radius 1 is 1.39 bits per heavy atom. The van der Waals surface area contributed by atoms with Crippen molar-refractivity contribution in [3.05, 3.63) is 12.2 Å². The Morgan fingerprint density at radius 3 is 2.89 bits per heavy atom. The van der Waals surface area contributed by atoms with E-state index < -0.39 is 30.4 Å². The van der Waals surface area contributed by atoms with Gasteiger partial charge in [0.1, 0.15) is 17.7 Å². The summed E-state index contributed by atoms with van der Waals surface area (Å²) in [5.41, 5.74) is 6.47. The van der Waals surface area contributed by atoms with Gasteiger partial charge in [0.05, 0.1) is 6.33 Å². The maximum atomic E-state index is 12.0. The number of rotatable bonds is 5. The summed E-state index contributed by atoms with van der Waals surface area (Å²) in [5, 5.41) is 31.9.